The summed E-state index contributed by atoms with van der Waals surface area (Å²) in [4.78, 5) is 21.3. The van der Waals surface area contributed by atoms with Crippen LogP contribution in [-0.2, 0) is 11.8 Å². The largest absolute Gasteiger partial charge is 0.342 e. The van der Waals surface area contributed by atoms with Gasteiger partial charge in [-0.2, -0.15) is 5.10 Å². The number of unbranched alkanes of at least 4 members (excludes halogenated alkanes) is 1. The molecule has 0 radical (unpaired) electrons. The Morgan fingerprint density at radius 2 is 2.09 bits per heavy atom. The SMILES string of the molecule is CCCCC1C(=O)N(C)CCN1c1nc2c(s1)c(C)nn2C. The number of piperazine rings is 1. The van der Waals surface area contributed by atoms with Crippen LogP contribution in [-0.4, -0.2) is 51.8 Å². The maximum Gasteiger partial charge on any atom is 0.245 e. The number of carbonyl (C=O) groups is 1. The van der Waals surface area contributed by atoms with E-state index in [0.29, 0.717) is 0 Å². The molecule has 3 rings (SSSR count). The van der Waals surface area contributed by atoms with Gasteiger partial charge >= 0.3 is 0 Å². The lowest BCUT2D eigenvalue weighted by Gasteiger charge is -2.39. The van der Waals surface area contributed by atoms with Crippen LogP contribution in [0.15, 0.2) is 0 Å². The third-order valence-corrected chi connectivity index (χ3v) is 5.51. The molecule has 0 aliphatic carbocycles. The predicted molar refractivity (Wildman–Crippen MR) is 89.4 cm³/mol. The molecule has 3 heterocycles. The summed E-state index contributed by atoms with van der Waals surface area (Å²) < 4.78 is 2.95. The zero-order valence-electron chi connectivity index (χ0n) is 13.7. The molecule has 22 heavy (non-hydrogen) atoms. The van der Waals surface area contributed by atoms with E-state index in [1.165, 1.54) is 0 Å². The minimum absolute atomic E-state index is 0.0764. The Morgan fingerprint density at radius 1 is 1.32 bits per heavy atom. The standard InChI is InChI=1S/C15H23N5OS/c1-5-6-7-11-14(21)18(3)8-9-20(11)15-16-13-12(22-15)10(2)17-19(13)4/h11H,5-9H2,1-4H3. The van der Waals surface area contributed by atoms with E-state index in [9.17, 15) is 4.79 Å². The number of amides is 1. The fourth-order valence-electron chi connectivity index (χ4n) is 3.01. The van der Waals surface area contributed by atoms with Crippen molar-refractivity contribution in [2.45, 2.75) is 39.2 Å². The van der Waals surface area contributed by atoms with Gasteiger partial charge in [-0.25, -0.2) is 9.67 Å². The molecule has 0 spiro atoms. The van der Waals surface area contributed by atoms with Crippen LogP contribution in [0.5, 0.6) is 0 Å². The molecule has 1 aliphatic rings. The summed E-state index contributed by atoms with van der Waals surface area (Å²) in [6.45, 7) is 5.78. The van der Waals surface area contributed by atoms with E-state index in [1.807, 2.05) is 30.6 Å². The highest BCUT2D eigenvalue weighted by Gasteiger charge is 2.34. The van der Waals surface area contributed by atoms with Crippen molar-refractivity contribution < 1.29 is 4.79 Å². The molecule has 0 bridgehead atoms. The average Bonchev–Trinajstić information content (AvgIpc) is 3.03. The maximum atomic E-state index is 12.5. The van der Waals surface area contributed by atoms with Gasteiger partial charge in [-0.15, -0.1) is 0 Å². The van der Waals surface area contributed by atoms with Crippen molar-refractivity contribution in [3.05, 3.63) is 5.69 Å². The van der Waals surface area contributed by atoms with Gasteiger partial charge in [0.05, 0.1) is 10.4 Å². The Hall–Kier alpha value is -1.63. The summed E-state index contributed by atoms with van der Waals surface area (Å²) in [5.74, 6) is 0.216. The van der Waals surface area contributed by atoms with Crippen LogP contribution in [0, 0.1) is 6.92 Å². The molecule has 1 unspecified atom stereocenters. The molecule has 0 saturated carbocycles. The van der Waals surface area contributed by atoms with Crippen LogP contribution in [0.2, 0.25) is 0 Å². The summed E-state index contributed by atoms with van der Waals surface area (Å²) in [7, 11) is 3.81. The number of hydrogen-bond acceptors (Lipinski definition) is 5. The fraction of sp³-hybridized carbons (Fsp3) is 0.667. The third-order valence-electron chi connectivity index (χ3n) is 4.32. The van der Waals surface area contributed by atoms with E-state index in [1.54, 1.807) is 11.3 Å². The molecule has 1 saturated heterocycles. The van der Waals surface area contributed by atoms with E-state index in [4.69, 9.17) is 4.98 Å². The number of aromatic nitrogens is 3. The second kappa shape index (κ2) is 5.87. The van der Waals surface area contributed by atoms with E-state index in [-0.39, 0.29) is 11.9 Å². The van der Waals surface area contributed by atoms with Crippen LogP contribution in [0.1, 0.15) is 31.9 Å². The number of fused-ring (bicyclic) bond motifs is 1. The van der Waals surface area contributed by atoms with Crippen molar-refractivity contribution >= 4 is 32.7 Å². The van der Waals surface area contributed by atoms with E-state index < -0.39 is 0 Å². The Kier molecular flexibility index (Phi) is 4.08. The molecular formula is C15H23N5OS. The highest BCUT2D eigenvalue weighted by Crippen LogP contribution is 2.33. The van der Waals surface area contributed by atoms with Gasteiger partial charge in [-0.3, -0.25) is 4.79 Å². The molecular weight excluding hydrogens is 298 g/mol. The first-order valence-electron chi connectivity index (χ1n) is 7.84. The number of likely N-dealkylation sites (N-methyl/N-ethyl adjacent to an activating group) is 1. The average molecular weight is 321 g/mol. The van der Waals surface area contributed by atoms with Crippen molar-refractivity contribution in [3.63, 3.8) is 0 Å². The van der Waals surface area contributed by atoms with Crippen molar-refractivity contribution in [1.29, 1.82) is 0 Å². The number of hydrogen-bond donors (Lipinski definition) is 0. The van der Waals surface area contributed by atoms with Crippen LogP contribution in [0.25, 0.3) is 10.3 Å². The first kappa shape index (κ1) is 15.3. The number of rotatable bonds is 4. The highest BCUT2D eigenvalue weighted by atomic mass is 32.1. The predicted octanol–water partition coefficient (Wildman–Crippen LogP) is 2.18. The first-order valence-corrected chi connectivity index (χ1v) is 8.66. The van der Waals surface area contributed by atoms with E-state index in [0.717, 1.165) is 53.5 Å². The molecule has 1 atom stereocenters. The lowest BCUT2D eigenvalue weighted by atomic mass is 10.1. The van der Waals surface area contributed by atoms with Gasteiger partial charge in [0.25, 0.3) is 0 Å². The second-order valence-electron chi connectivity index (χ2n) is 5.97. The Balaban J connectivity index is 1.95. The number of carbonyl (C=O) groups excluding carboxylic acids is 1. The van der Waals surface area contributed by atoms with Crippen LogP contribution < -0.4 is 4.90 Å². The molecule has 2 aromatic rings. The molecule has 6 nitrogen and oxygen atoms in total. The molecule has 1 fully saturated rings. The fourth-order valence-corrected chi connectivity index (χ4v) is 4.12. The highest BCUT2D eigenvalue weighted by molar-refractivity contribution is 7.22. The summed E-state index contributed by atoms with van der Waals surface area (Å²) in [5, 5.41) is 5.36. The molecule has 0 N–H and O–H groups in total. The quantitative estimate of drug-likeness (QED) is 0.866. The summed E-state index contributed by atoms with van der Waals surface area (Å²) >= 11 is 1.65. The summed E-state index contributed by atoms with van der Waals surface area (Å²) in [5.41, 5.74) is 1.92. The maximum absolute atomic E-state index is 12.5. The second-order valence-corrected chi connectivity index (χ2v) is 6.95. The number of anilines is 1. The zero-order chi connectivity index (χ0) is 15.9. The van der Waals surface area contributed by atoms with Crippen molar-refractivity contribution in [2.24, 2.45) is 7.05 Å². The summed E-state index contributed by atoms with van der Waals surface area (Å²) in [6, 6.07) is -0.0764. The lowest BCUT2D eigenvalue weighted by molar-refractivity contribution is -0.133. The van der Waals surface area contributed by atoms with Gasteiger partial charge in [-0.05, 0) is 13.3 Å². The van der Waals surface area contributed by atoms with Gasteiger partial charge in [0.2, 0.25) is 5.91 Å². The van der Waals surface area contributed by atoms with Gasteiger partial charge < -0.3 is 9.80 Å². The van der Waals surface area contributed by atoms with E-state index in [2.05, 4.69) is 16.9 Å². The van der Waals surface area contributed by atoms with Gasteiger partial charge in [0, 0.05) is 27.2 Å². The molecule has 120 valence electrons. The number of nitrogens with zero attached hydrogens (tertiary/aromatic N) is 5. The molecule has 2 aromatic heterocycles. The van der Waals surface area contributed by atoms with Crippen molar-refractivity contribution in [3.8, 4) is 0 Å². The Bertz CT molecular complexity index is 657. The van der Waals surface area contributed by atoms with Gasteiger partial charge in [-0.1, -0.05) is 31.1 Å². The topological polar surface area (TPSA) is 54.3 Å². The van der Waals surface area contributed by atoms with Gasteiger partial charge in [0.1, 0.15) is 6.04 Å². The molecule has 7 heteroatoms. The number of aryl methyl sites for hydroxylation is 2. The van der Waals surface area contributed by atoms with Crippen LogP contribution >= 0.6 is 11.3 Å². The smallest absolute Gasteiger partial charge is 0.245 e. The Morgan fingerprint density at radius 3 is 2.77 bits per heavy atom. The van der Waals surface area contributed by atoms with Crippen LogP contribution in [0.3, 0.4) is 0 Å². The molecule has 1 amide bonds. The minimum Gasteiger partial charge on any atom is -0.342 e. The monoisotopic (exact) mass is 321 g/mol. The minimum atomic E-state index is -0.0764. The normalized spacial score (nSPS) is 19.5. The molecule has 0 aromatic carbocycles. The third kappa shape index (κ3) is 2.47. The van der Waals surface area contributed by atoms with E-state index >= 15 is 0 Å². The number of thiazole rings is 1. The zero-order valence-corrected chi connectivity index (χ0v) is 14.5. The lowest BCUT2D eigenvalue weighted by Crippen LogP contribution is -2.55. The van der Waals surface area contributed by atoms with Crippen LogP contribution in [0.4, 0.5) is 5.13 Å². The van der Waals surface area contributed by atoms with Gasteiger partial charge in [0.15, 0.2) is 10.8 Å². The first-order chi connectivity index (χ1) is 10.5. The van der Waals surface area contributed by atoms with Crippen molar-refractivity contribution in [2.75, 3.05) is 25.0 Å². The van der Waals surface area contributed by atoms with Crippen molar-refractivity contribution in [1.82, 2.24) is 19.7 Å². The Labute approximate surface area is 134 Å². The molecule has 1 aliphatic heterocycles. The summed E-state index contributed by atoms with van der Waals surface area (Å²) in [6.07, 6.45) is 3.06.